The molecule has 1 fully saturated rings. The number of hydrogen-bond donors (Lipinski definition) is 0. The third-order valence-corrected chi connectivity index (χ3v) is 4.03. The van der Waals surface area contributed by atoms with Gasteiger partial charge < -0.3 is 14.0 Å². The molecule has 20 heavy (non-hydrogen) atoms. The molecule has 2 rings (SSSR count). The highest BCUT2D eigenvalue weighted by molar-refractivity contribution is 6.63. The first-order valence-corrected chi connectivity index (χ1v) is 6.97. The monoisotopic (exact) mass is 274 g/mol. The van der Waals surface area contributed by atoms with E-state index in [0.29, 0.717) is 6.61 Å². The number of aryl methyl sites for hydroxylation is 1. The molecule has 0 bridgehead atoms. The SMILES string of the molecule is C=CCOc1ccc(C)cc1B1OC(C)(C)C(C)(C)O1. The van der Waals surface area contributed by atoms with Crippen LogP contribution < -0.4 is 10.2 Å². The zero-order valence-corrected chi connectivity index (χ0v) is 13.0. The summed E-state index contributed by atoms with van der Waals surface area (Å²) in [6, 6.07) is 6.03. The highest BCUT2D eigenvalue weighted by atomic mass is 16.7. The van der Waals surface area contributed by atoms with Crippen molar-refractivity contribution in [3.05, 3.63) is 36.4 Å². The Morgan fingerprint density at radius 3 is 2.35 bits per heavy atom. The minimum atomic E-state index is -0.403. The Kier molecular flexibility index (Phi) is 3.98. The first-order chi connectivity index (χ1) is 9.27. The Labute approximate surface area is 122 Å². The summed E-state index contributed by atoms with van der Waals surface area (Å²) >= 11 is 0. The lowest BCUT2D eigenvalue weighted by Gasteiger charge is -2.32. The van der Waals surface area contributed by atoms with Crippen LogP contribution in [-0.4, -0.2) is 24.9 Å². The van der Waals surface area contributed by atoms with Crippen LogP contribution in [0.3, 0.4) is 0 Å². The lowest BCUT2D eigenvalue weighted by Crippen LogP contribution is -2.41. The van der Waals surface area contributed by atoms with E-state index in [1.54, 1.807) is 6.08 Å². The molecule has 1 aromatic carbocycles. The molecule has 4 heteroatoms. The average Bonchev–Trinajstić information content (AvgIpc) is 2.57. The van der Waals surface area contributed by atoms with Crippen molar-refractivity contribution in [2.45, 2.75) is 45.8 Å². The van der Waals surface area contributed by atoms with E-state index < -0.39 is 7.12 Å². The van der Waals surface area contributed by atoms with E-state index in [2.05, 4.69) is 12.6 Å². The lowest BCUT2D eigenvalue weighted by atomic mass is 9.77. The Balaban J connectivity index is 2.33. The summed E-state index contributed by atoms with van der Waals surface area (Å²) in [5, 5.41) is 0. The highest BCUT2D eigenvalue weighted by Gasteiger charge is 2.52. The molecule has 0 saturated carbocycles. The predicted octanol–water partition coefficient (Wildman–Crippen LogP) is 2.86. The van der Waals surface area contributed by atoms with Gasteiger partial charge in [0.05, 0.1) is 11.2 Å². The number of hydrogen-bond acceptors (Lipinski definition) is 3. The first kappa shape index (κ1) is 15.1. The third-order valence-electron chi connectivity index (χ3n) is 4.03. The summed E-state index contributed by atoms with van der Waals surface area (Å²) in [4.78, 5) is 0. The topological polar surface area (TPSA) is 27.7 Å². The van der Waals surface area contributed by atoms with Gasteiger partial charge in [-0.25, -0.2) is 0 Å². The maximum absolute atomic E-state index is 6.10. The van der Waals surface area contributed by atoms with Crippen molar-refractivity contribution >= 4 is 12.6 Å². The highest BCUT2D eigenvalue weighted by Crippen LogP contribution is 2.37. The lowest BCUT2D eigenvalue weighted by molar-refractivity contribution is 0.00578. The van der Waals surface area contributed by atoms with Crippen LogP contribution in [0.4, 0.5) is 0 Å². The summed E-state index contributed by atoms with van der Waals surface area (Å²) in [5.74, 6) is 0.786. The fourth-order valence-electron chi connectivity index (χ4n) is 2.10. The van der Waals surface area contributed by atoms with Crippen molar-refractivity contribution in [1.29, 1.82) is 0 Å². The largest absolute Gasteiger partial charge is 0.498 e. The van der Waals surface area contributed by atoms with E-state index in [1.807, 2.05) is 46.8 Å². The molecule has 1 heterocycles. The van der Waals surface area contributed by atoms with Gasteiger partial charge in [-0.05, 0) is 40.7 Å². The van der Waals surface area contributed by atoms with Gasteiger partial charge in [-0.15, -0.1) is 0 Å². The summed E-state index contributed by atoms with van der Waals surface area (Å²) in [6.07, 6.45) is 1.73. The molecular formula is C16H23BO3. The minimum Gasteiger partial charge on any atom is -0.490 e. The van der Waals surface area contributed by atoms with Gasteiger partial charge in [0.2, 0.25) is 0 Å². The van der Waals surface area contributed by atoms with Crippen molar-refractivity contribution in [3.63, 3.8) is 0 Å². The average molecular weight is 274 g/mol. The molecule has 1 aromatic rings. The zero-order chi connectivity index (χ0) is 15.0. The van der Waals surface area contributed by atoms with Gasteiger partial charge in [0, 0.05) is 5.46 Å². The zero-order valence-electron chi connectivity index (χ0n) is 13.0. The van der Waals surface area contributed by atoms with E-state index in [4.69, 9.17) is 14.0 Å². The molecule has 0 atom stereocenters. The second-order valence-corrected chi connectivity index (χ2v) is 6.23. The van der Waals surface area contributed by atoms with Gasteiger partial charge in [-0.1, -0.05) is 30.4 Å². The third kappa shape index (κ3) is 2.77. The molecule has 0 N–H and O–H groups in total. The molecule has 0 unspecified atom stereocenters. The standard InChI is InChI=1S/C16H23BO3/c1-7-10-18-14-9-8-12(2)11-13(14)17-19-15(3,4)16(5,6)20-17/h7-9,11H,1,10H2,2-6H3. The van der Waals surface area contributed by atoms with Crippen molar-refractivity contribution in [2.75, 3.05) is 6.61 Å². The van der Waals surface area contributed by atoms with Crippen LogP contribution in [0, 0.1) is 6.92 Å². The number of ether oxygens (including phenoxy) is 1. The quantitative estimate of drug-likeness (QED) is 0.624. The molecule has 1 aliphatic rings. The normalized spacial score (nSPS) is 19.9. The van der Waals surface area contributed by atoms with E-state index >= 15 is 0 Å². The molecule has 108 valence electrons. The molecule has 0 aliphatic carbocycles. The van der Waals surface area contributed by atoms with Crippen LogP contribution in [0.15, 0.2) is 30.9 Å². The van der Waals surface area contributed by atoms with Crippen LogP contribution in [0.2, 0.25) is 0 Å². The predicted molar refractivity (Wildman–Crippen MR) is 82.6 cm³/mol. The van der Waals surface area contributed by atoms with Crippen molar-refractivity contribution in [3.8, 4) is 5.75 Å². The Morgan fingerprint density at radius 2 is 1.80 bits per heavy atom. The first-order valence-electron chi connectivity index (χ1n) is 6.97. The smallest absolute Gasteiger partial charge is 0.490 e. The maximum Gasteiger partial charge on any atom is 0.498 e. The van der Waals surface area contributed by atoms with Gasteiger partial charge in [-0.3, -0.25) is 0 Å². The summed E-state index contributed by atoms with van der Waals surface area (Å²) in [7, 11) is -0.403. The van der Waals surface area contributed by atoms with Crippen molar-refractivity contribution in [1.82, 2.24) is 0 Å². The van der Waals surface area contributed by atoms with Gasteiger partial charge >= 0.3 is 7.12 Å². The van der Waals surface area contributed by atoms with Gasteiger partial charge in [0.25, 0.3) is 0 Å². The fraction of sp³-hybridized carbons (Fsp3) is 0.500. The van der Waals surface area contributed by atoms with E-state index in [0.717, 1.165) is 16.8 Å². The summed E-state index contributed by atoms with van der Waals surface area (Å²) < 4.78 is 17.9. The van der Waals surface area contributed by atoms with E-state index in [9.17, 15) is 0 Å². The van der Waals surface area contributed by atoms with Crippen molar-refractivity contribution < 1.29 is 14.0 Å². The van der Waals surface area contributed by atoms with E-state index in [1.165, 1.54) is 0 Å². The van der Waals surface area contributed by atoms with Crippen LogP contribution >= 0.6 is 0 Å². The van der Waals surface area contributed by atoms with Gasteiger partial charge in [0.15, 0.2) is 0 Å². The van der Waals surface area contributed by atoms with E-state index in [-0.39, 0.29) is 11.2 Å². The summed E-state index contributed by atoms with van der Waals surface area (Å²) in [6.45, 7) is 14.4. The number of benzene rings is 1. The fourth-order valence-corrected chi connectivity index (χ4v) is 2.10. The minimum absolute atomic E-state index is 0.350. The Bertz CT molecular complexity index is 492. The second-order valence-electron chi connectivity index (χ2n) is 6.23. The maximum atomic E-state index is 6.10. The second kappa shape index (κ2) is 5.26. The van der Waals surface area contributed by atoms with Crippen LogP contribution in [-0.2, 0) is 9.31 Å². The molecule has 1 aliphatic heterocycles. The molecule has 0 spiro atoms. The van der Waals surface area contributed by atoms with Gasteiger partial charge in [0.1, 0.15) is 12.4 Å². The van der Waals surface area contributed by atoms with Crippen LogP contribution in [0.1, 0.15) is 33.3 Å². The molecule has 1 saturated heterocycles. The number of rotatable bonds is 4. The van der Waals surface area contributed by atoms with Gasteiger partial charge in [-0.2, -0.15) is 0 Å². The van der Waals surface area contributed by atoms with Crippen LogP contribution in [0.25, 0.3) is 0 Å². The molecule has 0 amide bonds. The molecule has 3 nitrogen and oxygen atoms in total. The molecule has 0 radical (unpaired) electrons. The van der Waals surface area contributed by atoms with Crippen LogP contribution in [0.5, 0.6) is 5.75 Å². The molecular weight excluding hydrogens is 251 g/mol. The Morgan fingerprint density at radius 1 is 1.20 bits per heavy atom. The Hall–Kier alpha value is -1.26. The molecule has 0 aromatic heterocycles. The summed E-state index contributed by atoms with van der Waals surface area (Å²) in [5.41, 5.74) is 1.39. The van der Waals surface area contributed by atoms with Crippen molar-refractivity contribution in [2.24, 2.45) is 0 Å².